The van der Waals surface area contributed by atoms with Crippen LogP contribution in [0.3, 0.4) is 0 Å². The average molecular weight is 355 g/mol. The van der Waals surface area contributed by atoms with Crippen LogP contribution in [0.15, 0.2) is 11.5 Å². The van der Waals surface area contributed by atoms with E-state index in [1.54, 1.807) is 14.0 Å². The van der Waals surface area contributed by atoms with Crippen LogP contribution in [0.5, 0.6) is 0 Å². The van der Waals surface area contributed by atoms with Gasteiger partial charge in [0.25, 0.3) is 5.91 Å². The van der Waals surface area contributed by atoms with Gasteiger partial charge in [-0.3, -0.25) is 14.8 Å². The number of hydrogen-bond acceptors (Lipinski definition) is 6. The van der Waals surface area contributed by atoms with E-state index < -0.39 is 11.9 Å². The van der Waals surface area contributed by atoms with E-state index >= 15 is 0 Å². The first-order chi connectivity index (χ1) is 10.9. The number of rotatable bonds is 5. The molecule has 9 heteroatoms. The second-order valence-corrected chi connectivity index (χ2v) is 5.91. The number of carbonyl (C=O) groups is 2. The zero-order valence-electron chi connectivity index (χ0n) is 12.8. The van der Waals surface area contributed by atoms with Crippen LogP contribution in [0.1, 0.15) is 17.0 Å². The van der Waals surface area contributed by atoms with Crippen molar-refractivity contribution in [3.05, 3.63) is 33.6 Å². The number of hydrogen-bond donors (Lipinski definition) is 1. The van der Waals surface area contributed by atoms with Gasteiger partial charge in [-0.2, -0.15) is 5.10 Å². The van der Waals surface area contributed by atoms with Gasteiger partial charge in [-0.15, -0.1) is 11.3 Å². The van der Waals surface area contributed by atoms with E-state index in [1.165, 1.54) is 28.2 Å². The summed E-state index contributed by atoms with van der Waals surface area (Å²) in [7, 11) is 1.70. The Morgan fingerprint density at radius 2 is 2.22 bits per heavy atom. The number of esters is 1. The monoisotopic (exact) mass is 354 g/mol. The van der Waals surface area contributed by atoms with E-state index in [9.17, 15) is 9.59 Å². The maximum atomic E-state index is 11.6. The summed E-state index contributed by atoms with van der Waals surface area (Å²) in [5.41, 5.74) is 2.14. The van der Waals surface area contributed by atoms with Crippen LogP contribution in [0.25, 0.3) is 6.08 Å². The Hall–Kier alpha value is -2.19. The highest BCUT2D eigenvalue weighted by Crippen LogP contribution is 2.20. The molecule has 0 aliphatic carbocycles. The highest BCUT2D eigenvalue weighted by Gasteiger charge is 2.10. The van der Waals surface area contributed by atoms with Gasteiger partial charge in [0, 0.05) is 24.1 Å². The normalized spacial score (nSPS) is 11.0. The average Bonchev–Trinajstić information content (AvgIpc) is 2.99. The zero-order chi connectivity index (χ0) is 17.0. The van der Waals surface area contributed by atoms with Gasteiger partial charge in [0.15, 0.2) is 11.7 Å². The number of aromatic nitrogens is 3. The van der Waals surface area contributed by atoms with E-state index in [4.69, 9.17) is 16.3 Å². The number of nitrogens with zero attached hydrogens (tertiary/aromatic N) is 3. The highest BCUT2D eigenvalue weighted by atomic mass is 35.5. The summed E-state index contributed by atoms with van der Waals surface area (Å²) in [6.45, 7) is 3.21. The van der Waals surface area contributed by atoms with Crippen molar-refractivity contribution in [1.82, 2.24) is 14.8 Å². The lowest BCUT2D eigenvalue weighted by Gasteiger charge is -2.02. The van der Waals surface area contributed by atoms with Gasteiger partial charge in [0.1, 0.15) is 5.15 Å². The molecule has 0 aliphatic heterocycles. The predicted octanol–water partition coefficient (Wildman–Crippen LogP) is 2.34. The molecule has 1 amide bonds. The Bertz CT molecular complexity index is 766. The van der Waals surface area contributed by atoms with Gasteiger partial charge in [0.2, 0.25) is 0 Å². The molecule has 2 rings (SSSR count). The molecule has 0 fully saturated rings. The zero-order valence-corrected chi connectivity index (χ0v) is 14.4. The Balaban J connectivity index is 1.85. The Morgan fingerprint density at radius 1 is 1.48 bits per heavy atom. The molecule has 2 heterocycles. The fraction of sp³-hybridized carbons (Fsp3) is 0.286. The predicted molar refractivity (Wildman–Crippen MR) is 88.4 cm³/mol. The summed E-state index contributed by atoms with van der Waals surface area (Å²) in [4.78, 5) is 27.3. The standard InChI is InChI=1S/C14H15ClN4O3S/c1-8-7-23-14(16-8)17-11(20)6-22-12(21)5-4-10-9(2)18-19(3)13(10)15/h4-5,7H,6H2,1-3H3,(H,16,17,20)/b5-4+. The molecule has 0 spiro atoms. The number of nitrogens with one attached hydrogen (secondary N) is 1. The molecule has 2 aromatic rings. The van der Waals surface area contributed by atoms with Gasteiger partial charge in [0.05, 0.1) is 11.4 Å². The van der Waals surface area contributed by atoms with Crippen molar-refractivity contribution in [2.45, 2.75) is 13.8 Å². The highest BCUT2D eigenvalue weighted by molar-refractivity contribution is 7.13. The molecule has 2 aromatic heterocycles. The Labute approximate surface area is 141 Å². The number of ether oxygens (including phenoxy) is 1. The summed E-state index contributed by atoms with van der Waals surface area (Å²) in [6.07, 6.45) is 2.71. The molecule has 0 bridgehead atoms. The molecule has 0 aromatic carbocycles. The lowest BCUT2D eigenvalue weighted by Crippen LogP contribution is -2.20. The molecule has 0 saturated carbocycles. The third kappa shape index (κ3) is 4.64. The van der Waals surface area contributed by atoms with Gasteiger partial charge < -0.3 is 4.74 Å². The van der Waals surface area contributed by atoms with Crippen molar-refractivity contribution >= 4 is 46.0 Å². The topological polar surface area (TPSA) is 86.1 Å². The summed E-state index contributed by atoms with van der Waals surface area (Å²) in [5.74, 6) is -1.09. The number of thiazole rings is 1. The molecule has 0 radical (unpaired) electrons. The fourth-order valence-corrected chi connectivity index (χ4v) is 2.68. The minimum atomic E-state index is -0.644. The summed E-state index contributed by atoms with van der Waals surface area (Å²) < 4.78 is 6.37. The molecular formula is C14H15ClN4O3S. The SMILES string of the molecule is Cc1csc(NC(=O)COC(=O)/C=C/c2c(C)nn(C)c2Cl)n1. The van der Waals surface area contributed by atoms with Crippen LogP contribution in [0.4, 0.5) is 5.13 Å². The van der Waals surface area contributed by atoms with Gasteiger partial charge in [-0.25, -0.2) is 9.78 Å². The van der Waals surface area contributed by atoms with Crippen LogP contribution in [0.2, 0.25) is 5.15 Å². The van der Waals surface area contributed by atoms with Crippen molar-refractivity contribution in [3.8, 4) is 0 Å². The van der Waals surface area contributed by atoms with Crippen LogP contribution in [-0.2, 0) is 21.4 Å². The van der Waals surface area contributed by atoms with Crippen molar-refractivity contribution in [1.29, 1.82) is 0 Å². The lowest BCUT2D eigenvalue weighted by molar-refractivity contribution is -0.142. The largest absolute Gasteiger partial charge is 0.452 e. The minimum absolute atomic E-state index is 0.387. The number of amides is 1. The number of carbonyl (C=O) groups excluding carboxylic acids is 2. The minimum Gasteiger partial charge on any atom is -0.452 e. The third-order valence-corrected chi connectivity index (χ3v) is 4.12. The molecule has 0 aliphatic rings. The molecule has 23 heavy (non-hydrogen) atoms. The smallest absolute Gasteiger partial charge is 0.331 e. The van der Waals surface area contributed by atoms with Gasteiger partial charge >= 0.3 is 5.97 Å². The molecule has 1 N–H and O–H groups in total. The molecule has 0 atom stereocenters. The van der Waals surface area contributed by atoms with E-state index in [0.717, 1.165) is 5.69 Å². The van der Waals surface area contributed by atoms with Gasteiger partial charge in [-0.05, 0) is 19.9 Å². The van der Waals surface area contributed by atoms with E-state index in [-0.39, 0.29) is 6.61 Å². The second-order valence-electron chi connectivity index (χ2n) is 4.70. The van der Waals surface area contributed by atoms with Crippen molar-refractivity contribution in [2.75, 3.05) is 11.9 Å². The van der Waals surface area contributed by atoms with Crippen molar-refractivity contribution in [3.63, 3.8) is 0 Å². The first-order valence-electron chi connectivity index (χ1n) is 6.62. The Morgan fingerprint density at radius 3 is 2.78 bits per heavy atom. The second kappa shape index (κ2) is 7.38. The van der Waals surface area contributed by atoms with Crippen LogP contribution < -0.4 is 5.32 Å². The van der Waals surface area contributed by atoms with Crippen molar-refractivity contribution < 1.29 is 14.3 Å². The number of aryl methyl sites for hydroxylation is 3. The molecule has 122 valence electrons. The maximum absolute atomic E-state index is 11.6. The van der Waals surface area contributed by atoms with Gasteiger partial charge in [-0.1, -0.05) is 11.6 Å². The van der Waals surface area contributed by atoms with Crippen LogP contribution in [0, 0.1) is 13.8 Å². The lowest BCUT2D eigenvalue weighted by atomic mass is 10.2. The number of anilines is 1. The summed E-state index contributed by atoms with van der Waals surface area (Å²) in [5, 5.41) is 9.37. The number of halogens is 1. The molecule has 0 saturated heterocycles. The van der Waals surface area contributed by atoms with E-state index in [2.05, 4.69) is 15.4 Å². The fourth-order valence-electron chi connectivity index (χ4n) is 1.74. The van der Waals surface area contributed by atoms with E-state index in [1.807, 2.05) is 12.3 Å². The Kier molecular flexibility index (Phi) is 5.51. The van der Waals surface area contributed by atoms with Crippen LogP contribution >= 0.6 is 22.9 Å². The first kappa shape index (κ1) is 17.2. The summed E-state index contributed by atoms with van der Waals surface area (Å²) in [6, 6.07) is 0. The third-order valence-electron chi connectivity index (χ3n) is 2.79. The quantitative estimate of drug-likeness (QED) is 0.658. The molecule has 7 nitrogen and oxygen atoms in total. The summed E-state index contributed by atoms with van der Waals surface area (Å²) >= 11 is 7.35. The molecule has 0 unspecified atom stereocenters. The molecular weight excluding hydrogens is 340 g/mol. The van der Waals surface area contributed by atoms with E-state index in [0.29, 0.717) is 21.5 Å². The first-order valence-corrected chi connectivity index (χ1v) is 7.88. The van der Waals surface area contributed by atoms with Crippen LogP contribution in [-0.4, -0.2) is 33.2 Å². The van der Waals surface area contributed by atoms with Crippen molar-refractivity contribution in [2.24, 2.45) is 7.05 Å². The maximum Gasteiger partial charge on any atom is 0.331 e.